The molecule has 98 valence electrons. The van der Waals surface area contributed by atoms with Crippen molar-refractivity contribution in [3.05, 3.63) is 34.1 Å². The molecule has 6 heteroatoms. The molecular formula is C12H16FN3O2. The Morgan fingerprint density at radius 2 is 2.33 bits per heavy atom. The number of rotatable bonds is 3. The summed E-state index contributed by atoms with van der Waals surface area (Å²) < 4.78 is 13.1. The number of hydrogen-bond donors (Lipinski definition) is 1. The van der Waals surface area contributed by atoms with Crippen LogP contribution in [0.5, 0.6) is 0 Å². The van der Waals surface area contributed by atoms with E-state index in [1.54, 1.807) is 0 Å². The molecule has 2 atom stereocenters. The van der Waals surface area contributed by atoms with Crippen molar-refractivity contribution in [3.63, 3.8) is 0 Å². The Morgan fingerprint density at radius 1 is 1.61 bits per heavy atom. The molecule has 0 bridgehead atoms. The van der Waals surface area contributed by atoms with Gasteiger partial charge in [0, 0.05) is 19.1 Å². The van der Waals surface area contributed by atoms with Gasteiger partial charge in [0.15, 0.2) is 0 Å². The molecule has 1 aliphatic rings. The standard InChI is InChI=1S/C12H16FN3O2/c1-8(14)9-4-5-15(7-9)11-3-2-10(13)6-12(11)16(17)18/h2-3,6,8-9H,4-5,7,14H2,1H3. The highest BCUT2D eigenvalue weighted by Gasteiger charge is 2.29. The van der Waals surface area contributed by atoms with Gasteiger partial charge in [-0.15, -0.1) is 0 Å². The van der Waals surface area contributed by atoms with Crippen LogP contribution < -0.4 is 10.6 Å². The van der Waals surface area contributed by atoms with Gasteiger partial charge in [-0.25, -0.2) is 4.39 Å². The predicted octanol–water partition coefficient (Wildman–Crippen LogP) is 1.91. The topological polar surface area (TPSA) is 72.4 Å². The van der Waals surface area contributed by atoms with Gasteiger partial charge in [0.2, 0.25) is 0 Å². The molecule has 1 heterocycles. The SMILES string of the molecule is CC(N)C1CCN(c2ccc(F)cc2[N+](=O)[O-])C1. The van der Waals surface area contributed by atoms with Crippen LogP contribution in [0.2, 0.25) is 0 Å². The Kier molecular flexibility index (Phi) is 3.47. The van der Waals surface area contributed by atoms with Crippen molar-refractivity contribution in [2.75, 3.05) is 18.0 Å². The van der Waals surface area contributed by atoms with Gasteiger partial charge in [0.05, 0.1) is 11.0 Å². The van der Waals surface area contributed by atoms with Gasteiger partial charge < -0.3 is 10.6 Å². The zero-order valence-electron chi connectivity index (χ0n) is 10.2. The van der Waals surface area contributed by atoms with Crippen molar-refractivity contribution in [1.82, 2.24) is 0 Å². The highest BCUT2D eigenvalue weighted by atomic mass is 19.1. The third-order valence-corrected chi connectivity index (χ3v) is 3.44. The first-order chi connectivity index (χ1) is 8.49. The van der Waals surface area contributed by atoms with Crippen LogP contribution in [0.1, 0.15) is 13.3 Å². The smallest absolute Gasteiger partial charge is 0.295 e. The molecule has 0 amide bonds. The second-order valence-electron chi connectivity index (χ2n) is 4.74. The van der Waals surface area contributed by atoms with Crippen LogP contribution in [0.25, 0.3) is 0 Å². The summed E-state index contributed by atoms with van der Waals surface area (Å²) >= 11 is 0. The number of nitrogens with two attached hydrogens (primary N) is 1. The maximum Gasteiger partial charge on any atom is 0.295 e. The van der Waals surface area contributed by atoms with E-state index in [4.69, 9.17) is 5.73 Å². The van der Waals surface area contributed by atoms with Crippen LogP contribution in [-0.2, 0) is 0 Å². The second kappa shape index (κ2) is 4.89. The summed E-state index contributed by atoms with van der Waals surface area (Å²) in [6.45, 7) is 3.34. The van der Waals surface area contributed by atoms with Gasteiger partial charge in [-0.3, -0.25) is 10.1 Å². The summed E-state index contributed by atoms with van der Waals surface area (Å²) in [6.07, 6.45) is 0.909. The zero-order chi connectivity index (χ0) is 13.3. The van der Waals surface area contributed by atoms with E-state index >= 15 is 0 Å². The summed E-state index contributed by atoms with van der Waals surface area (Å²) in [5, 5.41) is 10.9. The molecule has 18 heavy (non-hydrogen) atoms. The molecule has 1 fully saturated rings. The first-order valence-corrected chi connectivity index (χ1v) is 5.93. The largest absolute Gasteiger partial charge is 0.366 e. The van der Waals surface area contributed by atoms with Gasteiger partial charge in [-0.05, 0) is 31.4 Å². The fourth-order valence-corrected chi connectivity index (χ4v) is 2.35. The number of anilines is 1. The summed E-state index contributed by atoms with van der Waals surface area (Å²) in [5.41, 5.74) is 6.14. The Balaban J connectivity index is 2.27. The predicted molar refractivity (Wildman–Crippen MR) is 67.0 cm³/mol. The van der Waals surface area contributed by atoms with Crippen LogP contribution in [-0.4, -0.2) is 24.1 Å². The maximum absolute atomic E-state index is 13.1. The highest BCUT2D eigenvalue weighted by Crippen LogP contribution is 2.33. The van der Waals surface area contributed by atoms with E-state index in [2.05, 4.69) is 0 Å². The van der Waals surface area contributed by atoms with Crippen molar-refractivity contribution in [2.45, 2.75) is 19.4 Å². The van der Waals surface area contributed by atoms with Gasteiger partial charge in [-0.1, -0.05) is 0 Å². The normalized spacial score (nSPS) is 21.1. The number of nitro groups is 1. The Bertz CT molecular complexity index is 465. The Morgan fingerprint density at radius 3 is 2.89 bits per heavy atom. The Hall–Kier alpha value is -1.69. The average Bonchev–Trinajstić information content (AvgIpc) is 2.78. The summed E-state index contributed by atoms with van der Waals surface area (Å²) in [6, 6.07) is 3.75. The maximum atomic E-state index is 13.1. The van der Waals surface area contributed by atoms with Crippen LogP contribution in [0.4, 0.5) is 15.8 Å². The Labute approximate surface area is 105 Å². The molecule has 0 aromatic heterocycles. The monoisotopic (exact) mass is 253 g/mol. The number of benzene rings is 1. The molecule has 1 saturated heterocycles. The first kappa shape index (κ1) is 12.8. The van der Waals surface area contributed by atoms with Crippen molar-refractivity contribution >= 4 is 11.4 Å². The van der Waals surface area contributed by atoms with Gasteiger partial charge >= 0.3 is 0 Å². The lowest BCUT2D eigenvalue weighted by Gasteiger charge is -2.19. The number of halogens is 1. The van der Waals surface area contributed by atoms with Crippen LogP contribution in [0.15, 0.2) is 18.2 Å². The minimum atomic E-state index is -0.589. The molecule has 2 unspecified atom stereocenters. The summed E-state index contributed by atoms with van der Waals surface area (Å²) in [4.78, 5) is 12.3. The lowest BCUT2D eigenvalue weighted by molar-refractivity contribution is -0.384. The summed E-state index contributed by atoms with van der Waals surface area (Å²) in [5.74, 6) is -0.261. The molecule has 1 aliphatic heterocycles. The molecule has 2 rings (SSSR count). The highest BCUT2D eigenvalue weighted by molar-refractivity contribution is 5.63. The quantitative estimate of drug-likeness (QED) is 0.659. The fourth-order valence-electron chi connectivity index (χ4n) is 2.35. The van der Waals surface area contributed by atoms with Crippen molar-refractivity contribution in [2.24, 2.45) is 11.7 Å². The van der Waals surface area contributed by atoms with Crippen molar-refractivity contribution in [1.29, 1.82) is 0 Å². The van der Waals surface area contributed by atoms with Gasteiger partial charge in [-0.2, -0.15) is 0 Å². The van der Waals surface area contributed by atoms with E-state index in [1.165, 1.54) is 12.1 Å². The molecule has 1 aromatic carbocycles. The van der Waals surface area contributed by atoms with Crippen LogP contribution in [0.3, 0.4) is 0 Å². The van der Waals surface area contributed by atoms with Crippen LogP contribution >= 0.6 is 0 Å². The van der Waals surface area contributed by atoms with E-state index in [1.807, 2.05) is 11.8 Å². The zero-order valence-corrected chi connectivity index (χ0v) is 10.2. The van der Waals surface area contributed by atoms with E-state index in [-0.39, 0.29) is 11.7 Å². The number of hydrogen-bond acceptors (Lipinski definition) is 4. The minimum absolute atomic E-state index is 0.0644. The van der Waals surface area contributed by atoms with E-state index in [0.717, 1.165) is 19.0 Å². The molecule has 0 aliphatic carbocycles. The average molecular weight is 253 g/mol. The van der Waals surface area contributed by atoms with Gasteiger partial charge in [0.1, 0.15) is 11.5 Å². The van der Waals surface area contributed by atoms with E-state index in [9.17, 15) is 14.5 Å². The van der Waals surface area contributed by atoms with Gasteiger partial charge in [0.25, 0.3) is 5.69 Å². The molecule has 0 radical (unpaired) electrons. The lowest BCUT2D eigenvalue weighted by atomic mass is 10.0. The fraction of sp³-hybridized carbons (Fsp3) is 0.500. The molecule has 5 nitrogen and oxygen atoms in total. The third kappa shape index (κ3) is 2.43. The third-order valence-electron chi connectivity index (χ3n) is 3.44. The minimum Gasteiger partial charge on any atom is -0.366 e. The molecular weight excluding hydrogens is 237 g/mol. The number of nitrogens with zero attached hydrogens (tertiary/aromatic N) is 2. The van der Waals surface area contributed by atoms with Crippen molar-refractivity contribution in [3.8, 4) is 0 Å². The lowest BCUT2D eigenvalue weighted by Crippen LogP contribution is -2.29. The van der Waals surface area contributed by atoms with Crippen LogP contribution in [0, 0.1) is 21.8 Å². The first-order valence-electron chi connectivity index (χ1n) is 5.93. The second-order valence-corrected chi connectivity index (χ2v) is 4.74. The molecule has 2 N–H and O–H groups in total. The molecule has 0 spiro atoms. The number of nitro benzene ring substituents is 1. The molecule has 1 aromatic rings. The van der Waals surface area contributed by atoms with E-state index < -0.39 is 10.7 Å². The molecule has 0 saturated carbocycles. The summed E-state index contributed by atoms with van der Waals surface area (Å²) in [7, 11) is 0. The van der Waals surface area contributed by atoms with E-state index in [0.29, 0.717) is 18.2 Å². The van der Waals surface area contributed by atoms with Crippen molar-refractivity contribution < 1.29 is 9.31 Å².